The van der Waals surface area contributed by atoms with E-state index < -0.39 is 12.0 Å². The summed E-state index contributed by atoms with van der Waals surface area (Å²) < 4.78 is 0. The number of nitrogens with two attached hydrogens (primary N) is 1. The Kier molecular flexibility index (Phi) is 3.56. The number of carboxylic acids is 1. The molecule has 3 nitrogen and oxygen atoms in total. The second-order valence-corrected chi connectivity index (χ2v) is 4.77. The molecule has 4 heteroatoms. The van der Waals surface area contributed by atoms with E-state index in [0.29, 0.717) is 6.42 Å². The highest BCUT2D eigenvalue weighted by atomic mass is 32.1. The number of thiophene rings is 1. The predicted molar refractivity (Wildman–Crippen MR) is 69.1 cm³/mol. The van der Waals surface area contributed by atoms with Gasteiger partial charge in [0, 0.05) is 4.88 Å². The molecule has 3 N–H and O–H groups in total. The summed E-state index contributed by atoms with van der Waals surface area (Å²) >= 11 is 1.68. The van der Waals surface area contributed by atoms with Crippen LogP contribution in [0.5, 0.6) is 0 Å². The van der Waals surface area contributed by atoms with Crippen molar-refractivity contribution in [3.8, 4) is 10.4 Å². The summed E-state index contributed by atoms with van der Waals surface area (Å²) in [5, 5.41) is 10.8. The number of hydrogen-bond acceptors (Lipinski definition) is 3. The van der Waals surface area contributed by atoms with Crippen LogP contribution in [0.4, 0.5) is 0 Å². The van der Waals surface area contributed by atoms with Crippen molar-refractivity contribution in [1.82, 2.24) is 0 Å². The predicted octanol–water partition coefficient (Wildman–Crippen LogP) is 2.37. The average Bonchev–Trinajstić information content (AvgIpc) is 2.83. The fourth-order valence-corrected chi connectivity index (χ4v) is 2.32. The van der Waals surface area contributed by atoms with Crippen LogP contribution in [0.3, 0.4) is 0 Å². The summed E-state index contributed by atoms with van der Waals surface area (Å²) in [6.07, 6.45) is 0.361. The molecule has 0 aliphatic heterocycles. The third-order valence-electron chi connectivity index (χ3n) is 2.53. The third kappa shape index (κ3) is 2.93. The van der Waals surface area contributed by atoms with Gasteiger partial charge in [-0.3, -0.25) is 4.79 Å². The lowest BCUT2D eigenvalue weighted by atomic mass is 10.0. The lowest BCUT2D eigenvalue weighted by Gasteiger charge is -2.06. The zero-order chi connectivity index (χ0) is 12.3. The van der Waals surface area contributed by atoms with Crippen molar-refractivity contribution in [1.29, 1.82) is 0 Å². The molecule has 88 valence electrons. The quantitative estimate of drug-likeness (QED) is 0.871. The molecule has 2 rings (SSSR count). The Labute approximate surface area is 104 Å². The first-order valence-electron chi connectivity index (χ1n) is 5.28. The van der Waals surface area contributed by atoms with Crippen LogP contribution in [-0.2, 0) is 11.2 Å². The van der Waals surface area contributed by atoms with Crippen LogP contribution in [0, 0.1) is 0 Å². The Morgan fingerprint density at radius 1 is 1.29 bits per heavy atom. The molecule has 0 fully saturated rings. The number of rotatable bonds is 4. The van der Waals surface area contributed by atoms with Crippen LogP contribution in [-0.4, -0.2) is 17.1 Å². The van der Waals surface area contributed by atoms with E-state index in [4.69, 9.17) is 10.8 Å². The van der Waals surface area contributed by atoms with E-state index in [-0.39, 0.29) is 0 Å². The lowest BCUT2D eigenvalue weighted by molar-refractivity contribution is -0.138. The molecular weight excluding hydrogens is 234 g/mol. The summed E-state index contributed by atoms with van der Waals surface area (Å²) in [4.78, 5) is 11.8. The molecule has 1 aromatic carbocycles. The number of aliphatic carboxylic acids is 1. The maximum atomic E-state index is 10.6. The maximum Gasteiger partial charge on any atom is 0.320 e. The number of hydrogen-bond donors (Lipinski definition) is 2. The van der Waals surface area contributed by atoms with Gasteiger partial charge in [-0.25, -0.2) is 0 Å². The number of carboxylic acid groups (broad SMARTS) is 1. The molecule has 1 atom stereocenters. The van der Waals surface area contributed by atoms with Gasteiger partial charge in [-0.05, 0) is 29.0 Å². The van der Waals surface area contributed by atoms with E-state index in [1.54, 1.807) is 11.3 Å². The molecule has 0 aliphatic rings. The van der Waals surface area contributed by atoms with Crippen molar-refractivity contribution in [2.45, 2.75) is 12.5 Å². The number of carbonyl (C=O) groups is 1. The monoisotopic (exact) mass is 247 g/mol. The Balaban J connectivity index is 2.11. The van der Waals surface area contributed by atoms with Crippen LogP contribution in [0.2, 0.25) is 0 Å². The second kappa shape index (κ2) is 5.12. The van der Waals surface area contributed by atoms with Gasteiger partial charge in [0.05, 0.1) is 0 Å². The Bertz CT molecular complexity index is 491. The van der Waals surface area contributed by atoms with E-state index in [2.05, 4.69) is 6.07 Å². The van der Waals surface area contributed by atoms with Gasteiger partial charge in [-0.15, -0.1) is 11.3 Å². The Hall–Kier alpha value is -1.65. The summed E-state index contributed by atoms with van der Waals surface area (Å²) in [5.74, 6) is -0.965. The van der Waals surface area contributed by atoms with Crippen molar-refractivity contribution in [3.05, 3.63) is 47.3 Å². The first-order chi connectivity index (χ1) is 8.16. The van der Waals surface area contributed by atoms with Crippen molar-refractivity contribution < 1.29 is 9.90 Å². The molecule has 0 bridgehead atoms. The highest BCUT2D eigenvalue weighted by Gasteiger charge is 2.11. The molecule has 1 heterocycles. The molecule has 0 aliphatic carbocycles. The van der Waals surface area contributed by atoms with E-state index in [0.717, 1.165) is 11.1 Å². The standard InChI is InChI=1S/C13H13NO2S/c14-11(13(15)16)8-9-3-5-10(6-4-9)12-2-1-7-17-12/h1-7,11H,8,14H2,(H,15,16). The van der Waals surface area contributed by atoms with Crippen LogP contribution >= 0.6 is 11.3 Å². The number of benzene rings is 1. The summed E-state index contributed by atoms with van der Waals surface area (Å²) in [6, 6.07) is 11.1. The van der Waals surface area contributed by atoms with E-state index in [1.165, 1.54) is 4.88 Å². The highest BCUT2D eigenvalue weighted by molar-refractivity contribution is 7.13. The fraction of sp³-hybridized carbons (Fsp3) is 0.154. The van der Waals surface area contributed by atoms with Crippen LogP contribution in [0.15, 0.2) is 41.8 Å². The van der Waals surface area contributed by atoms with Gasteiger partial charge in [0.2, 0.25) is 0 Å². The van der Waals surface area contributed by atoms with Crippen molar-refractivity contribution in [2.75, 3.05) is 0 Å². The normalized spacial score (nSPS) is 12.3. The van der Waals surface area contributed by atoms with Gasteiger partial charge in [-0.1, -0.05) is 30.3 Å². The van der Waals surface area contributed by atoms with Gasteiger partial charge in [0.1, 0.15) is 6.04 Å². The molecule has 17 heavy (non-hydrogen) atoms. The van der Waals surface area contributed by atoms with E-state index in [9.17, 15) is 4.79 Å². The Morgan fingerprint density at radius 3 is 2.53 bits per heavy atom. The van der Waals surface area contributed by atoms with Crippen LogP contribution in [0.1, 0.15) is 5.56 Å². The van der Waals surface area contributed by atoms with Crippen molar-refractivity contribution >= 4 is 17.3 Å². The van der Waals surface area contributed by atoms with Gasteiger partial charge in [0.25, 0.3) is 0 Å². The lowest BCUT2D eigenvalue weighted by Crippen LogP contribution is -2.32. The minimum atomic E-state index is -0.965. The second-order valence-electron chi connectivity index (χ2n) is 3.82. The smallest absolute Gasteiger partial charge is 0.320 e. The van der Waals surface area contributed by atoms with Crippen molar-refractivity contribution in [3.63, 3.8) is 0 Å². The summed E-state index contributed by atoms with van der Waals surface area (Å²) in [6.45, 7) is 0. The van der Waals surface area contributed by atoms with Gasteiger partial charge in [0.15, 0.2) is 0 Å². The largest absolute Gasteiger partial charge is 0.480 e. The molecule has 1 aromatic heterocycles. The highest BCUT2D eigenvalue weighted by Crippen LogP contribution is 2.24. The minimum Gasteiger partial charge on any atom is -0.480 e. The van der Waals surface area contributed by atoms with Crippen molar-refractivity contribution in [2.24, 2.45) is 5.73 Å². The average molecular weight is 247 g/mol. The first-order valence-corrected chi connectivity index (χ1v) is 6.16. The third-order valence-corrected chi connectivity index (χ3v) is 3.45. The molecule has 0 saturated heterocycles. The molecule has 0 spiro atoms. The Morgan fingerprint density at radius 2 is 2.00 bits per heavy atom. The fourth-order valence-electron chi connectivity index (χ4n) is 1.59. The molecule has 2 aromatic rings. The zero-order valence-electron chi connectivity index (χ0n) is 9.17. The summed E-state index contributed by atoms with van der Waals surface area (Å²) in [5.41, 5.74) is 7.57. The van der Waals surface area contributed by atoms with Gasteiger partial charge >= 0.3 is 5.97 Å². The SMILES string of the molecule is NC(Cc1ccc(-c2cccs2)cc1)C(=O)O. The molecule has 0 amide bonds. The van der Waals surface area contributed by atoms with Crippen LogP contribution < -0.4 is 5.73 Å². The summed E-state index contributed by atoms with van der Waals surface area (Å²) in [7, 11) is 0. The molecular formula is C13H13NO2S. The van der Waals surface area contributed by atoms with Gasteiger partial charge < -0.3 is 10.8 Å². The van der Waals surface area contributed by atoms with Gasteiger partial charge in [-0.2, -0.15) is 0 Å². The van der Waals surface area contributed by atoms with Crippen LogP contribution in [0.25, 0.3) is 10.4 Å². The zero-order valence-corrected chi connectivity index (χ0v) is 9.98. The topological polar surface area (TPSA) is 63.3 Å². The van der Waals surface area contributed by atoms with E-state index in [1.807, 2.05) is 35.7 Å². The molecule has 0 radical (unpaired) electrons. The maximum absolute atomic E-state index is 10.6. The molecule has 0 saturated carbocycles. The first kappa shape index (κ1) is 11.8. The van der Waals surface area contributed by atoms with E-state index >= 15 is 0 Å². The molecule has 1 unspecified atom stereocenters. The minimum absolute atomic E-state index is 0.361.